The molecule has 0 spiro atoms. The second-order valence-electron chi connectivity index (χ2n) is 5.95. The molecule has 3 aromatic carbocycles. The standard InChI is InChI=1S/C22H14ClNO2/c23-16-12-10-15(11-13-16)21(25)19-20(14-6-2-1-3-7-14)24-18-9-5-4-8-17(18)22(19)26/h1-13H,(H,24,26). The van der Waals surface area contributed by atoms with E-state index in [2.05, 4.69) is 4.98 Å². The van der Waals surface area contributed by atoms with Crippen LogP contribution in [0.2, 0.25) is 5.02 Å². The highest BCUT2D eigenvalue weighted by Gasteiger charge is 2.21. The van der Waals surface area contributed by atoms with Gasteiger partial charge in [0.05, 0.1) is 11.3 Å². The number of pyridine rings is 1. The highest BCUT2D eigenvalue weighted by molar-refractivity contribution is 6.30. The van der Waals surface area contributed by atoms with Gasteiger partial charge in [0.25, 0.3) is 0 Å². The van der Waals surface area contributed by atoms with E-state index < -0.39 is 0 Å². The Morgan fingerprint density at radius 2 is 1.46 bits per heavy atom. The van der Waals surface area contributed by atoms with Crippen LogP contribution in [0, 0.1) is 0 Å². The average molecular weight is 360 g/mol. The Morgan fingerprint density at radius 1 is 0.808 bits per heavy atom. The fourth-order valence-corrected chi connectivity index (χ4v) is 3.15. The largest absolute Gasteiger partial charge is 0.354 e. The van der Waals surface area contributed by atoms with E-state index in [-0.39, 0.29) is 16.8 Å². The van der Waals surface area contributed by atoms with Crippen LogP contribution in [0.3, 0.4) is 0 Å². The summed E-state index contributed by atoms with van der Waals surface area (Å²) in [5.74, 6) is -0.326. The van der Waals surface area contributed by atoms with Crippen LogP contribution in [0.1, 0.15) is 15.9 Å². The zero-order valence-electron chi connectivity index (χ0n) is 13.7. The molecule has 0 saturated heterocycles. The monoisotopic (exact) mass is 359 g/mol. The van der Waals surface area contributed by atoms with Crippen LogP contribution in [0.25, 0.3) is 22.2 Å². The molecule has 0 fully saturated rings. The number of hydrogen-bond donors (Lipinski definition) is 1. The predicted molar refractivity (Wildman–Crippen MR) is 105 cm³/mol. The molecule has 0 radical (unpaired) electrons. The highest BCUT2D eigenvalue weighted by atomic mass is 35.5. The van der Waals surface area contributed by atoms with Gasteiger partial charge in [-0.1, -0.05) is 54.1 Å². The van der Waals surface area contributed by atoms with Crippen molar-refractivity contribution in [1.29, 1.82) is 0 Å². The summed E-state index contributed by atoms with van der Waals surface area (Å²) in [7, 11) is 0. The lowest BCUT2D eigenvalue weighted by Gasteiger charge is -2.11. The Morgan fingerprint density at radius 3 is 2.19 bits per heavy atom. The molecule has 4 heteroatoms. The van der Waals surface area contributed by atoms with Gasteiger partial charge in [-0.15, -0.1) is 0 Å². The molecular weight excluding hydrogens is 346 g/mol. The van der Waals surface area contributed by atoms with Crippen molar-refractivity contribution < 1.29 is 4.79 Å². The number of hydrogen-bond acceptors (Lipinski definition) is 2. The lowest BCUT2D eigenvalue weighted by atomic mass is 9.96. The van der Waals surface area contributed by atoms with E-state index in [0.29, 0.717) is 27.2 Å². The molecule has 0 aliphatic rings. The fraction of sp³-hybridized carbons (Fsp3) is 0. The molecular formula is C22H14ClNO2. The van der Waals surface area contributed by atoms with E-state index in [1.807, 2.05) is 42.5 Å². The zero-order chi connectivity index (χ0) is 18.1. The van der Waals surface area contributed by atoms with Gasteiger partial charge in [0, 0.05) is 21.5 Å². The Kier molecular flexibility index (Phi) is 4.15. The van der Waals surface area contributed by atoms with Gasteiger partial charge in [-0.3, -0.25) is 9.59 Å². The van der Waals surface area contributed by atoms with Crippen LogP contribution in [0.5, 0.6) is 0 Å². The average Bonchev–Trinajstić information content (AvgIpc) is 2.69. The maximum Gasteiger partial charge on any atom is 0.201 e. The van der Waals surface area contributed by atoms with E-state index in [1.54, 1.807) is 36.4 Å². The van der Waals surface area contributed by atoms with Crippen LogP contribution < -0.4 is 5.43 Å². The number of carbonyl (C=O) groups is 1. The summed E-state index contributed by atoms with van der Waals surface area (Å²) in [5, 5.41) is 1.03. The number of ketones is 1. The first kappa shape index (κ1) is 16.3. The van der Waals surface area contributed by atoms with Gasteiger partial charge >= 0.3 is 0 Å². The first-order valence-electron chi connectivity index (χ1n) is 8.16. The van der Waals surface area contributed by atoms with Crippen molar-refractivity contribution in [3.63, 3.8) is 0 Å². The van der Waals surface area contributed by atoms with Crippen LogP contribution in [-0.2, 0) is 0 Å². The first-order valence-corrected chi connectivity index (χ1v) is 8.53. The van der Waals surface area contributed by atoms with Crippen molar-refractivity contribution >= 4 is 28.3 Å². The first-order chi connectivity index (χ1) is 12.6. The second kappa shape index (κ2) is 6.62. The molecule has 126 valence electrons. The number of halogens is 1. The van der Waals surface area contributed by atoms with Crippen molar-refractivity contribution in [1.82, 2.24) is 4.98 Å². The van der Waals surface area contributed by atoms with Crippen LogP contribution in [0.4, 0.5) is 0 Å². The summed E-state index contributed by atoms with van der Waals surface area (Å²) in [6.07, 6.45) is 0. The van der Waals surface area contributed by atoms with Gasteiger partial charge in [-0.05, 0) is 42.0 Å². The van der Waals surface area contributed by atoms with Crippen molar-refractivity contribution in [3.05, 3.63) is 105 Å². The normalized spacial score (nSPS) is 10.8. The van der Waals surface area contributed by atoms with E-state index in [0.717, 1.165) is 5.56 Å². The fourth-order valence-electron chi connectivity index (χ4n) is 3.02. The summed E-state index contributed by atoms with van der Waals surface area (Å²) in [6, 6.07) is 23.1. The minimum absolute atomic E-state index is 0.136. The summed E-state index contributed by atoms with van der Waals surface area (Å²) >= 11 is 5.92. The second-order valence-corrected chi connectivity index (χ2v) is 6.39. The molecule has 26 heavy (non-hydrogen) atoms. The quantitative estimate of drug-likeness (QED) is 0.518. The number of benzene rings is 3. The van der Waals surface area contributed by atoms with E-state index in [4.69, 9.17) is 11.6 Å². The van der Waals surface area contributed by atoms with Gasteiger partial charge in [0.15, 0.2) is 5.78 Å². The molecule has 0 bridgehead atoms. The van der Waals surface area contributed by atoms with Crippen molar-refractivity contribution in [2.24, 2.45) is 0 Å². The topological polar surface area (TPSA) is 49.9 Å². The molecule has 0 amide bonds. The molecule has 1 N–H and O–H groups in total. The van der Waals surface area contributed by atoms with Crippen LogP contribution in [0.15, 0.2) is 83.7 Å². The van der Waals surface area contributed by atoms with Crippen molar-refractivity contribution in [3.8, 4) is 11.3 Å². The molecule has 0 atom stereocenters. The molecule has 3 nitrogen and oxygen atoms in total. The molecule has 1 aromatic heterocycles. The lowest BCUT2D eigenvalue weighted by Crippen LogP contribution is -2.19. The number of carbonyl (C=O) groups excluding carboxylic acids is 1. The SMILES string of the molecule is O=C(c1ccc(Cl)cc1)c1c(-c2ccccc2)[nH]c2ccccc2c1=O. The zero-order valence-corrected chi connectivity index (χ0v) is 14.5. The minimum atomic E-state index is -0.326. The van der Waals surface area contributed by atoms with Crippen molar-refractivity contribution in [2.45, 2.75) is 0 Å². The molecule has 0 aliphatic carbocycles. The van der Waals surface area contributed by atoms with Gasteiger partial charge in [0.2, 0.25) is 5.43 Å². The highest BCUT2D eigenvalue weighted by Crippen LogP contribution is 2.24. The number of aromatic amines is 1. The van der Waals surface area contributed by atoms with Gasteiger partial charge in [-0.25, -0.2) is 0 Å². The molecule has 0 saturated carbocycles. The number of nitrogens with one attached hydrogen (secondary N) is 1. The van der Waals surface area contributed by atoms with Crippen LogP contribution >= 0.6 is 11.6 Å². The lowest BCUT2D eigenvalue weighted by molar-refractivity contribution is 0.103. The third kappa shape index (κ3) is 2.83. The van der Waals surface area contributed by atoms with E-state index in [1.165, 1.54) is 0 Å². The number of rotatable bonds is 3. The van der Waals surface area contributed by atoms with Gasteiger partial charge in [-0.2, -0.15) is 0 Å². The maximum atomic E-state index is 13.2. The summed E-state index contributed by atoms with van der Waals surface area (Å²) in [5.41, 5.74) is 2.29. The van der Waals surface area contributed by atoms with E-state index >= 15 is 0 Å². The number of fused-ring (bicyclic) bond motifs is 1. The Labute approximate surface area is 154 Å². The summed E-state index contributed by atoms with van der Waals surface area (Å²) < 4.78 is 0. The van der Waals surface area contributed by atoms with Crippen LogP contribution in [-0.4, -0.2) is 10.8 Å². The Bertz CT molecular complexity index is 1160. The Balaban J connectivity index is 2.03. The summed E-state index contributed by atoms with van der Waals surface area (Å²) in [4.78, 5) is 29.6. The third-order valence-corrected chi connectivity index (χ3v) is 4.56. The van der Waals surface area contributed by atoms with Gasteiger partial charge < -0.3 is 4.98 Å². The number of para-hydroxylation sites is 1. The minimum Gasteiger partial charge on any atom is -0.354 e. The van der Waals surface area contributed by atoms with Crippen molar-refractivity contribution in [2.75, 3.05) is 0 Å². The Hall–Kier alpha value is -3.17. The maximum absolute atomic E-state index is 13.2. The predicted octanol–water partition coefficient (Wildman–Crippen LogP) is 5.08. The molecule has 1 heterocycles. The number of H-pyrrole nitrogens is 1. The molecule has 0 aliphatic heterocycles. The smallest absolute Gasteiger partial charge is 0.201 e. The van der Waals surface area contributed by atoms with E-state index in [9.17, 15) is 9.59 Å². The number of aromatic nitrogens is 1. The van der Waals surface area contributed by atoms with Gasteiger partial charge in [0.1, 0.15) is 0 Å². The summed E-state index contributed by atoms with van der Waals surface area (Å²) in [6.45, 7) is 0. The molecule has 0 unspecified atom stereocenters. The third-order valence-electron chi connectivity index (χ3n) is 4.30. The molecule has 4 rings (SSSR count). The molecule has 4 aromatic rings.